The van der Waals surface area contributed by atoms with Crippen LogP contribution >= 0.6 is 0 Å². The van der Waals surface area contributed by atoms with Crippen molar-refractivity contribution in [1.82, 2.24) is 0 Å². The monoisotopic (exact) mass is 1130 g/mol. The van der Waals surface area contributed by atoms with Crippen LogP contribution in [0.5, 0.6) is 0 Å². The third-order valence-corrected chi connectivity index (χ3v) is 15.7. The van der Waals surface area contributed by atoms with Gasteiger partial charge < -0.3 is 14.2 Å². The maximum absolute atomic E-state index is 13.0. The Bertz CT molecular complexity index is 1490. The van der Waals surface area contributed by atoms with Gasteiger partial charge in [0.25, 0.3) is 0 Å². The Morgan fingerprint density at radius 2 is 0.444 bits per heavy atom. The van der Waals surface area contributed by atoms with Gasteiger partial charge in [-0.15, -0.1) is 0 Å². The van der Waals surface area contributed by atoms with Crippen LogP contribution in [0.2, 0.25) is 0 Å². The zero-order valence-corrected chi connectivity index (χ0v) is 54.1. The van der Waals surface area contributed by atoms with Crippen LogP contribution in [0.1, 0.15) is 367 Å². The Morgan fingerprint density at radius 3 is 0.728 bits per heavy atom. The van der Waals surface area contributed by atoms with E-state index < -0.39 is 6.10 Å². The van der Waals surface area contributed by atoms with Gasteiger partial charge >= 0.3 is 17.9 Å². The van der Waals surface area contributed by atoms with E-state index in [-0.39, 0.29) is 31.1 Å². The first kappa shape index (κ1) is 77.9. The molecule has 0 aromatic heterocycles. The van der Waals surface area contributed by atoms with E-state index in [0.29, 0.717) is 19.3 Å². The molecule has 0 saturated heterocycles. The largest absolute Gasteiger partial charge is 0.462 e. The Kier molecular flexibility index (Phi) is 66.6. The van der Waals surface area contributed by atoms with Gasteiger partial charge in [0, 0.05) is 19.3 Å². The zero-order chi connectivity index (χ0) is 58.5. The Labute approximate surface area is 503 Å². The maximum Gasteiger partial charge on any atom is 0.306 e. The quantitative estimate of drug-likeness (QED) is 0.0261. The van der Waals surface area contributed by atoms with Gasteiger partial charge in [-0.3, -0.25) is 14.4 Å². The SMILES string of the molecule is CCCCC/C=C\C/C=C\CCCCCCCCCC(=O)OCC(COC(=O)CCCCCCCCCCCCCCC/C=C\CCCCCCCCCC)OC(=O)CCCCCCCC/C=C\C/C=C\C/C=C\CCCCCCC. The highest BCUT2D eigenvalue weighted by Gasteiger charge is 2.19. The normalized spacial score (nSPS) is 12.5. The van der Waals surface area contributed by atoms with Gasteiger partial charge in [-0.2, -0.15) is 0 Å². The lowest BCUT2D eigenvalue weighted by atomic mass is 10.0. The molecule has 0 aromatic rings. The first-order chi connectivity index (χ1) is 40.0. The number of unbranched alkanes of at least 4 members (excludes halogenated alkanes) is 42. The van der Waals surface area contributed by atoms with E-state index in [1.807, 2.05) is 0 Å². The summed E-state index contributed by atoms with van der Waals surface area (Å²) in [6.07, 6.45) is 90.6. The van der Waals surface area contributed by atoms with E-state index in [0.717, 1.165) is 96.3 Å². The molecule has 0 aliphatic carbocycles. The second kappa shape index (κ2) is 69.3. The van der Waals surface area contributed by atoms with Gasteiger partial charge in [0.15, 0.2) is 6.10 Å². The third kappa shape index (κ3) is 67.5. The van der Waals surface area contributed by atoms with Crippen molar-refractivity contribution in [2.75, 3.05) is 13.2 Å². The van der Waals surface area contributed by atoms with Crippen LogP contribution in [-0.2, 0) is 28.6 Å². The molecule has 1 unspecified atom stereocenters. The molecule has 0 heterocycles. The summed E-state index contributed by atoms with van der Waals surface area (Å²) in [4.78, 5) is 38.5. The van der Waals surface area contributed by atoms with Crippen molar-refractivity contribution < 1.29 is 28.6 Å². The number of carbonyl (C=O) groups is 3. The summed E-state index contributed by atoms with van der Waals surface area (Å²) >= 11 is 0. The first-order valence-corrected chi connectivity index (χ1v) is 35.4. The Balaban J connectivity index is 4.35. The van der Waals surface area contributed by atoms with Crippen molar-refractivity contribution in [3.05, 3.63) is 72.9 Å². The van der Waals surface area contributed by atoms with Crippen LogP contribution in [0.25, 0.3) is 0 Å². The van der Waals surface area contributed by atoms with Crippen molar-refractivity contribution in [2.45, 2.75) is 374 Å². The van der Waals surface area contributed by atoms with Gasteiger partial charge in [-0.05, 0) is 116 Å². The lowest BCUT2D eigenvalue weighted by Crippen LogP contribution is -2.30. The Hall–Kier alpha value is -3.15. The number of rotatable bonds is 65. The zero-order valence-electron chi connectivity index (χ0n) is 54.1. The molecule has 6 nitrogen and oxygen atoms in total. The van der Waals surface area contributed by atoms with Gasteiger partial charge in [0.05, 0.1) is 0 Å². The summed E-state index contributed by atoms with van der Waals surface area (Å²) in [5.74, 6) is -0.882. The molecule has 470 valence electrons. The summed E-state index contributed by atoms with van der Waals surface area (Å²) in [5.41, 5.74) is 0. The third-order valence-electron chi connectivity index (χ3n) is 15.7. The van der Waals surface area contributed by atoms with E-state index in [1.165, 1.54) is 231 Å². The molecule has 0 amide bonds. The first-order valence-electron chi connectivity index (χ1n) is 35.4. The molecular formula is C75H134O6. The fourth-order valence-corrected chi connectivity index (χ4v) is 10.3. The molecule has 0 bridgehead atoms. The van der Waals surface area contributed by atoms with Crippen molar-refractivity contribution in [3.63, 3.8) is 0 Å². The molecular weight excluding hydrogens is 997 g/mol. The summed E-state index contributed by atoms with van der Waals surface area (Å²) in [6, 6.07) is 0. The topological polar surface area (TPSA) is 78.9 Å². The fraction of sp³-hybridized carbons (Fsp3) is 0.800. The average molecular weight is 1130 g/mol. The van der Waals surface area contributed by atoms with E-state index >= 15 is 0 Å². The minimum absolute atomic E-state index is 0.0814. The van der Waals surface area contributed by atoms with E-state index in [9.17, 15) is 14.4 Å². The van der Waals surface area contributed by atoms with Gasteiger partial charge in [0.1, 0.15) is 13.2 Å². The molecule has 0 aliphatic rings. The summed E-state index contributed by atoms with van der Waals surface area (Å²) < 4.78 is 17.0. The summed E-state index contributed by atoms with van der Waals surface area (Å²) in [6.45, 7) is 6.64. The van der Waals surface area contributed by atoms with Crippen LogP contribution in [0.4, 0.5) is 0 Å². The van der Waals surface area contributed by atoms with Crippen molar-refractivity contribution >= 4 is 17.9 Å². The summed E-state index contributed by atoms with van der Waals surface area (Å²) in [5, 5.41) is 0. The molecule has 0 spiro atoms. The second-order valence-electron chi connectivity index (χ2n) is 23.8. The van der Waals surface area contributed by atoms with Crippen LogP contribution in [0.3, 0.4) is 0 Å². The predicted molar refractivity (Wildman–Crippen MR) is 353 cm³/mol. The minimum Gasteiger partial charge on any atom is -0.462 e. The van der Waals surface area contributed by atoms with E-state index in [1.54, 1.807) is 0 Å². The average Bonchev–Trinajstić information content (AvgIpc) is 3.47. The van der Waals surface area contributed by atoms with E-state index in [2.05, 4.69) is 93.7 Å². The summed E-state index contributed by atoms with van der Waals surface area (Å²) in [7, 11) is 0. The fourth-order valence-electron chi connectivity index (χ4n) is 10.3. The van der Waals surface area contributed by atoms with Crippen molar-refractivity contribution in [3.8, 4) is 0 Å². The van der Waals surface area contributed by atoms with Crippen molar-refractivity contribution in [1.29, 1.82) is 0 Å². The van der Waals surface area contributed by atoms with Crippen LogP contribution in [0, 0.1) is 0 Å². The number of carbonyl (C=O) groups excluding carboxylic acids is 3. The standard InChI is InChI=1S/C75H134O6/c1-4-7-10-13-16-19-22-25-28-31-33-35-36-37-38-40-41-44-47-50-53-56-59-62-65-68-74(77)80-71-72(70-79-73(76)67-64-61-58-55-52-49-46-43-30-27-24-21-18-15-12-9-6-3)81-75(78)69-66-63-60-57-54-51-48-45-42-39-34-32-29-26-23-20-17-14-11-8-5-2/h18,21,23,26-27,30-34,42,45,72H,4-17,19-20,22,24-25,28-29,35-41,43-44,46-71H2,1-3H3/b21-18-,26-23-,30-27-,33-31-,34-32-,45-42-. The van der Waals surface area contributed by atoms with Gasteiger partial charge in [-0.25, -0.2) is 0 Å². The van der Waals surface area contributed by atoms with Gasteiger partial charge in [-0.1, -0.05) is 306 Å². The Morgan fingerprint density at radius 1 is 0.247 bits per heavy atom. The maximum atomic E-state index is 13.0. The number of ether oxygens (including phenoxy) is 3. The predicted octanol–water partition coefficient (Wildman–Crippen LogP) is 24.4. The molecule has 6 heteroatoms. The minimum atomic E-state index is -0.788. The molecule has 0 rings (SSSR count). The van der Waals surface area contributed by atoms with Crippen molar-refractivity contribution in [2.24, 2.45) is 0 Å². The smallest absolute Gasteiger partial charge is 0.306 e. The van der Waals surface area contributed by atoms with Gasteiger partial charge in [0.2, 0.25) is 0 Å². The highest BCUT2D eigenvalue weighted by Crippen LogP contribution is 2.17. The molecule has 0 N–H and O–H groups in total. The van der Waals surface area contributed by atoms with Crippen LogP contribution in [-0.4, -0.2) is 37.2 Å². The molecule has 81 heavy (non-hydrogen) atoms. The van der Waals surface area contributed by atoms with Crippen LogP contribution in [0.15, 0.2) is 72.9 Å². The second-order valence-corrected chi connectivity index (χ2v) is 23.8. The lowest BCUT2D eigenvalue weighted by molar-refractivity contribution is -0.167. The lowest BCUT2D eigenvalue weighted by Gasteiger charge is -2.18. The molecule has 1 atom stereocenters. The highest BCUT2D eigenvalue weighted by molar-refractivity contribution is 5.71. The van der Waals surface area contributed by atoms with Crippen LogP contribution < -0.4 is 0 Å². The molecule has 0 fully saturated rings. The number of hydrogen-bond acceptors (Lipinski definition) is 6. The molecule has 0 aromatic carbocycles. The molecule has 0 radical (unpaired) electrons. The molecule has 0 saturated carbocycles. The molecule has 0 aliphatic heterocycles. The number of allylic oxidation sites excluding steroid dienone is 12. The van der Waals surface area contributed by atoms with E-state index in [4.69, 9.17) is 14.2 Å². The number of esters is 3. The number of hydrogen-bond donors (Lipinski definition) is 0. The highest BCUT2D eigenvalue weighted by atomic mass is 16.6.